The van der Waals surface area contributed by atoms with E-state index < -0.39 is 18.3 Å². The van der Waals surface area contributed by atoms with Crippen molar-refractivity contribution in [2.24, 2.45) is 0 Å². The molecule has 1 amide bonds. The number of para-hydroxylation sites is 1. The van der Waals surface area contributed by atoms with Crippen molar-refractivity contribution in [2.75, 3.05) is 31.2 Å². The van der Waals surface area contributed by atoms with Gasteiger partial charge >= 0.3 is 12.7 Å². The summed E-state index contributed by atoms with van der Waals surface area (Å²) in [7, 11) is 0. The summed E-state index contributed by atoms with van der Waals surface area (Å²) < 4.78 is 83.9. The van der Waals surface area contributed by atoms with E-state index in [4.69, 9.17) is 0 Å². The van der Waals surface area contributed by atoms with Crippen molar-refractivity contribution in [1.29, 1.82) is 0 Å². The summed E-state index contributed by atoms with van der Waals surface area (Å²) in [5, 5.41) is 3.00. The maximum Gasteiger partial charge on any atom is 0.573 e. The predicted octanol–water partition coefficient (Wildman–Crippen LogP) is 6.82. The molecule has 2 aliphatic rings. The first-order chi connectivity index (χ1) is 20.4. The Kier molecular flexibility index (Phi) is 8.77. The Balaban J connectivity index is 1.24. The molecule has 0 aliphatic carbocycles. The molecule has 0 radical (unpaired) electrons. The fourth-order valence-electron chi connectivity index (χ4n) is 6.03. The second kappa shape index (κ2) is 12.4. The molecule has 0 aromatic heterocycles. The Hall–Kier alpha value is -3.93. The molecule has 2 aliphatic heterocycles. The number of likely N-dealkylation sites (tertiary alicyclic amines) is 1. The van der Waals surface area contributed by atoms with Crippen LogP contribution in [0.25, 0.3) is 0 Å². The van der Waals surface area contributed by atoms with Gasteiger partial charge in [0, 0.05) is 24.7 Å². The van der Waals surface area contributed by atoms with E-state index in [1.807, 2.05) is 30.3 Å². The minimum Gasteiger partial charge on any atom is -0.406 e. The Morgan fingerprint density at radius 3 is 1.77 bits per heavy atom. The van der Waals surface area contributed by atoms with Gasteiger partial charge in [-0.1, -0.05) is 42.5 Å². The summed E-state index contributed by atoms with van der Waals surface area (Å²) in [6.07, 6.45) is -7.00. The van der Waals surface area contributed by atoms with E-state index in [1.54, 1.807) is 0 Å². The van der Waals surface area contributed by atoms with Crippen LogP contribution < -0.4 is 19.7 Å². The van der Waals surface area contributed by atoms with Gasteiger partial charge in [0.15, 0.2) is 0 Å². The number of alkyl halides is 6. The van der Waals surface area contributed by atoms with Crippen molar-refractivity contribution in [3.05, 3.63) is 90.0 Å². The molecule has 5 rings (SSSR count). The zero-order chi connectivity index (χ0) is 30.7. The van der Waals surface area contributed by atoms with Gasteiger partial charge < -0.3 is 24.6 Å². The molecule has 43 heavy (non-hydrogen) atoms. The maximum absolute atomic E-state index is 12.9. The number of hydrogen-bond donors (Lipinski definition) is 1. The normalized spacial score (nSPS) is 17.4. The SMILES string of the molecule is O=C1NCN(c2ccccc2)C12CCN(CCCC(c1ccc(OC(F)(F)F)cc1)c1ccc(OC(F)(F)F)cc1)CC2. The lowest BCUT2D eigenvalue weighted by Gasteiger charge is -2.43. The minimum atomic E-state index is -4.82. The van der Waals surface area contributed by atoms with Gasteiger partial charge in [-0.2, -0.15) is 0 Å². The average Bonchev–Trinajstić information content (AvgIpc) is 3.27. The lowest BCUT2D eigenvalue weighted by atomic mass is 9.85. The van der Waals surface area contributed by atoms with Crippen molar-refractivity contribution in [3.8, 4) is 11.5 Å². The van der Waals surface area contributed by atoms with E-state index in [9.17, 15) is 31.1 Å². The van der Waals surface area contributed by atoms with E-state index in [0.717, 1.165) is 12.2 Å². The van der Waals surface area contributed by atoms with Crippen LogP contribution in [-0.4, -0.2) is 55.4 Å². The molecule has 0 unspecified atom stereocenters. The first kappa shape index (κ1) is 30.5. The molecule has 2 saturated heterocycles. The Morgan fingerprint density at radius 1 is 0.767 bits per heavy atom. The summed E-state index contributed by atoms with van der Waals surface area (Å²) in [6.45, 7) is 2.62. The van der Waals surface area contributed by atoms with Crippen molar-refractivity contribution < 1.29 is 40.6 Å². The van der Waals surface area contributed by atoms with Crippen LogP contribution >= 0.6 is 0 Å². The van der Waals surface area contributed by atoms with Crippen molar-refractivity contribution in [2.45, 2.75) is 49.9 Å². The largest absolute Gasteiger partial charge is 0.573 e. The number of benzene rings is 3. The highest BCUT2D eigenvalue weighted by Crippen LogP contribution is 2.37. The third-order valence-electron chi connectivity index (χ3n) is 8.09. The van der Waals surface area contributed by atoms with Crippen LogP contribution in [0.15, 0.2) is 78.9 Å². The average molecular weight is 608 g/mol. The zero-order valence-electron chi connectivity index (χ0n) is 23.1. The van der Waals surface area contributed by atoms with E-state index in [-0.39, 0.29) is 23.3 Å². The summed E-state index contributed by atoms with van der Waals surface area (Å²) >= 11 is 0. The topological polar surface area (TPSA) is 54.0 Å². The molecule has 2 fully saturated rings. The van der Waals surface area contributed by atoms with E-state index in [1.165, 1.54) is 48.5 Å². The van der Waals surface area contributed by atoms with Gasteiger partial charge in [0.1, 0.15) is 17.0 Å². The van der Waals surface area contributed by atoms with Gasteiger partial charge in [0.05, 0.1) is 6.67 Å². The number of halogens is 6. The standard InChI is InChI=1S/C31H31F6N3O3/c32-30(33,34)42-25-12-8-22(9-13-25)27(23-10-14-26(15-11-23)43-31(35,36)37)7-4-18-39-19-16-29(17-20-39)28(41)38-21-40(29)24-5-2-1-3-6-24/h1-3,5-6,8-15,27H,4,7,16-21H2,(H,38,41). The number of carbonyl (C=O) groups is 1. The molecule has 12 heteroatoms. The smallest absolute Gasteiger partial charge is 0.406 e. The Morgan fingerprint density at radius 2 is 1.28 bits per heavy atom. The molecule has 3 aromatic rings. The quantitative estimate of drug-likeness (QED) is 0.271. The molecule has 0 bridgehead atoms. The first-order valence-corrected chi connectivity index (χ1v) is 14.0. The number of nitrogens with one attached hydrogen (secondary N) is 1. The summed E-state index contributed by atoms with van der Waals surface area (Å²) in [4.78, 5) is 17.4. The van der Waals surface area contributed by atoms with Gasteiger partial charge in [-0.05, 0) is 79.8 Å². The number of carbonyl (C=O) groups excluding carboxylic acids is 1. The zero-order valence-corrected chi connectivity index (χ0v) is 23.1. The van der Waals surface area contributed by atoms with Crippen molar-refractivity contribution >= 4 is 11.6 Å². The van der Waals surface area contributed by atoms with Gasteiger partial charge in [0.2, 0.25) is 5.91 Å². The van der Waals surface area contributed by atoms with Crippen molar-refractivity contribution in [3.63, 3.8) is 0 Å². The number of hydrogen-bond acceptors (Lipinski definition) is 5. The Labute approximate surface area is 245 Å². The number of nitrogens with zero attached hydrogens (tertiary/aromatic N) is 2. The van der Waals surface area contributed by atoms with Crippen LogP contribution in [-0.2, 0) is 4.79 Å². The third kappa shape index (κ3) is 7.54. The second-order valence-corrected chi connectivity index (χ2v) is 10.7. The van der Waals surface area contributed by atoms with Gasteiger partial charge in [-0.15, -0.1) is 26.3 Å². The molecule has 6 nitrogen and oxygen atoms in total. The lowest BCUT2D eigenvalue weighted by molar-refractivity contribution is -0.275. The highest BCUT2D eigenvalue weighted by molar-refractivity contribution is 5.93. The molecule has 230 valence electrons. The Bertz CT molecular complexity index is 1300. The summed E-state index contributed by atoms with van der Waals surface area (Å²) in [6, 6.07) is 20.9. The van der Waals surface area contributed by atoms with Crippen LogP contribution in [0.5, 0.6) is 11.5 Å². The molecule has 2 heterocycles. The second-order valence-electron chi connectivity index (χ2n) is 10.7. The predicted molar refractivity (Wildman–Crippen MR) is 148 cm³/mol. The molecule has 1 N–H and O–H groups in total. The summed E-state index contributed by atoms with van der Waals surface area (Å²) in [5.74, 6) is -0.963. The van der Waals surface area contributed by atoms with Crippen LogP contribution in [0.3, 0.4) is 0 Å². The molecule has 0 atom stereocenters. The van der Waals surface area contributed by atoms with E-state index in [0.29, 0.717) is 56.6 Å². The fourth-order valence-corrected chi connectivity index (χ4v) is 6.03. The third-order valence-corrected chi connectivity index (χ3v) is 8.09. The maximum atomic E-state index is 12.9. The molecule has 0 saturated carbocycles. The monoisotopic (exact) mass is 607 g/mol. The van der Waals surface area contributed by atoms with E-state index in [2.05, 4.69) is 24.6 Å². The van der Waals surface area contributed by atoms with Crippen LogP contribution in [0.1, 0.15) is 42.7 Å². The summed E-state index contributed by atoms with van der Waals surface area (Å²) in [5.41, 5.74) is 1.81. The first-order valence-electron chi connectivity index (χ1n) is 14.0. The van der Waals surface area contributed by atoms with Crippen molar-refractivity contribution in [1.82, 2.24) is 10.2 Å². The molecule has 3 aromatic carbocycles. The fraction of sp³-hybridized carbons (Fsp3) is 0.387. The molecular weight excluding hydrogens is 576 g/mol. The molecule has 1 spiro atoms. The number of amides is 1. The van der Waals surface area contributed by atoms with Gasteiger partial charge in [0.25, 0.3) is 0 Å². The lowest BCUT2D eigenvalue weighted by Crippen LogP contribution is -2.56. The van der Waals surface area contributed by atoms with Crippen LogP contribution in [0.2, 0.25) is 0 Å². The highest BCUT2D eigenvalue weighted by atomic mass is 19.4. The number of anilines is 1. The van der Waals surface area contributed by atoms with Crippen LogP contribution in [0, 0.1) is 0 Å². The number of piperidine rings is 1. The molecular formula is C31H31F6N3O3. The van der Waals surface area contributed by atoms with Crippen LogP contribution in [0.4, 0.5) is 32.0 Å². The van der Waals surface area contributed by atoms with Gasteiger partial charge in [-0.3, -0.25) is 4.79 Å². The number of rotatable bonds is 9. The van der Waals surface area contributed by atoms with Gasteiger partial charge in [-0.25, -0.2) is 0 Å². The van der Waals surface area contributed by atoms with E-state index >= 15 is 0 Å². The highest BCUT2D eigenvalue weighted by Gasteiger charge is 2.50. The minimum absolute atomic E-state index is 0.0342. The number of ether oxygens (including phenoxy) is 2.